The van der Waals surface area contributed by atoms with Crippen LogP contribution in [0.3, 0.4) is 0 Å². The highest BCUT2D eigenvalue weighted by atomic mass is 16.3. The largest absolute Gasteiger partial charge is 0.456 e. The van der Waals surface area contributed by atoms with Gasteiger partial charge in [-0.15, -0.1) is 0 Å². The fourth-order valence-electron chi connectivity index (χ4n) is 9.00. The minimum Gasteiger partial charge on any atom is -0.456 e. The molecule has 0 atom stereocenters. The van der Waals surface area contributed by atoms with Crippen LogP contribution in [0.4, 0.5) is 0 Å². The fourth-order valence-corrected chi connectivity index (χ4v) is 9.00. The molecule has 0 saturated heterocycles. The van der Waals surface area contributed by atoms with E-state index >= 15 is 0 Å². The van der Waals surface area contributed by atoms with Crippen molar-refractivity contribution in [3.8, 4) is 56.1 Å². The number of benzene rings is 9. The average Bonchev–Trinajstić information content (AvgIpc) is 3.99. The molecule has 276 valence electrons. The van der Waals surface area contributed by atoms with Crippen molar-refractivity contribution in [2.24, 2.45) is 0 Å². The molecule has 4 heteroatoms. The first kappa shape index (κ1) is 33.2. The first-order valence-corrected chi connectivity index (χ1v) is 20.0. The van der Waals surface area contributed by atoms with Crippen LogP contribution in [0.15, 0.2) is 217 Å². The van der Waals surface area contributed by atoms with E-state index in [-0.39, 0.29) is 0 Å². The van der Waals surface area contributed by atoms with Crippen LogP contribution in [0.25, 0.3) is 111 Å². The van der Waals surface area contributed by atoms with E-state index in [1.54, 1.807) is 0 Å². The Bertz CT molecular complexity index is 3540. The van der Waals surface area contributed by atoms with E-state index in [2.05, 4.69) is 221 Å². The van der Waals surface area contributed by atoms with Crippen molar-refractivity contribution in [1.29, 1.82) is 0 Å². The van der Waals surface area contributed by atoms with Crippen LogP contribution in [-0.2, 0) is 0 Å². The zero-order valence-electron chi connectivity index (χ0n) is 32.0. The average molecular weight is 754 g/mol. The molecule has 0 N–H and O–H groups in total. The summed E-state index contributed by atoms with van der Waals surface area (Å²) in [5, 5.41) is 4.61. The number of hydrogen-bond acceptors (Lipinski definition) is 2. The Labute approximate surface area is 340 Å². The smallest absolute Gasteiger partial charge is 0.145 e. The number of nitrogens with zero attached hydrogens (tertiary/aromatic N) is 3. The summed E-state index contributed by atoms with van der Waals surface area (Å²) in [4.78, 5) is 5.20. The van der Waals surface area contributed by atoms with Crippen molar-refractivity contribution in [3.05, 3.63) is 212 Å². The topological polar surface area (TPSA) is 35.9 Å². The Balaban J connectivity index is 1.07. The number of fused-ring (bicyclic) bond motifs is 7. The van der Waals surface area contributed by atoms with E-state index in [4.69, 9.17) is 9.40 Å². The Hall–Kier alpha value is -7.95. The van der Waals surface area contributed by atoms with E-state index in [9.17, 15) is 0 Å². The summed E-state index contributed by atoms with van der Waals surface area (Å²) < 4.78 is 11.6. The van der Waals surface area contributed by atoms with Gasteiger partial charge in [-0.2, -0.15) is 0 Å². The lowest BCUT2D eigenvalue weighted by Gasteiger charge is -2.12. The van der Waals surface area contributed by atoms with E-state index in [1.807, 2.05) is 0 Å². The molecule has 9 aromatic carbocycles. The van der Waals surface area contributed by atoms with Crippen molar-refractivity contribution < 1.29 is 4.42 Å². The Morgan fingerprint density at radius 2 is 0.983 bits per heavy atom. The molecule has 0 bridgehead atoms. The van der Waals surface area contributed by atoms with Crippen molar-refractivity contribution in [3.63, 3.8) is 0 Å². The summed E-state index contributed by atoms with van der Waals surface area (Å²) in [5.41, 5.74) is 16.0. The van der Waals surface area contributed by atoms with Crippen LogP contribution in [0.2, 0.25) is 0 Å². The lowest BCUT2D eigenvalue weighted by atomic mass is 9.93. The second-order valence-electron chi connectivity index (χ2n) is 15.2. The number of aromatic nitrogens is 3. The summed E-state index contributed by atoms with van der Waals surface area (Å²) in [6.45, 7) is 0. The third-order valence-electron chi connectivity index (χ3n) is 11.7. The Morgan fingerprint density at radius 3 is 1.80 bits per heavy atom. The van der Waals surface area contributed by atoms with E-state index in [0.717, 1.165) is 89.0 Å². The van der Waals surface area contributed by atoms with Gasteiger partial charge in [0.1, 0.15) is 17.0 Å². The van der Waals surface area contributed by atoms with E-state index in [0.29, 0.717) is 0 Å². The maximum Gasteiger partial charge on any atom is 0.145 e. The standard InChI is InChI=1S/C55H35N3O/c1-4-15-36(16-5-1)38-27-29-45-44-23-10-12-25-49(44)57(51(45)33-38)43-28-30-46-52(35-43)59-53-34-41(37-17-6-2-7-18-37)32-47(54(46)53)39-19-14-20-40(31-39)55-56-48-24-11-13-26-50(48)58(55)42-21-8-3-9-22-42/h1-35H. The SMILES string of the molecule is c1ccc(-c2cc(-c3cccc(-c4nc5ccccc5n4-c4ccccc4)c3)c3c(c2)oc2cc(-n4c5ccccc5c5ccc(-c6ccccc6)cc54)ccc23)cc1. The predicted octanol–water partition coefficient (Wildman–Crippen LogP) is 14.7. The third kappa shape index (κ3) is 5.42. The van der Waals surface area contributed by atoms with Gasteiger partial charge in [0.25, 0.3) is 0 Å². The molecule has 0 spiro atoms. The summed E-state index contributed by atoms with van der Waals surface area (Å²) in [6.07, 6.45) is 0. The fraction of sp³-hybridized carbons (Fsp3) is 0. The molecule has 0 fully saturated rings. The highest BCUT2D eigenvalue weighted by molar-refractivity contribution is 6.15. The lowest BCUT2D eigenvalue weighted by molar-refractivity contribution is 0.669. The summed E-state index contributed by atoms with van der Waals surface area (Å²) in [6, 6.07) is 75.5. The van der Waals surface area contributed by atoms with Crippen molar-refractivity contribution in [2.75, 3.05) is 0 Å². The van der Waals surface area contributed by atoms with Crippen molar-refractivity contribution in [2.45, 2.75) is 0 Å². The molecule has 3 aromatic heterocycles. The first-order valence-electron chi connectivity index (χ1n) is 20.0. The van der Waals surface area contributed by atoms with Gasteiger partial charge in [-0.05, 0) is 100 Å². The summed E-state index contributed by atoms with van der Waals surface area (Å²) in [7, 11) is 0. The molecule has 0 aliphatic heterocycles. The number of furan rings is 1. The lowest BCUT2D eigenvalue weighted by Crippen LogP contribution is -1.97. The molecular formula is C55H35N3O. The quantitative estimate of drug-likeness (QED) is 0.169. The molecule has 3 heterocycles. The highest BCUT2D eigenvalue weighted by Gasteiger charge is 2.20. The van der Waals surface area contributed by atoms with Crippen LogP contribution >= 0.6 is 0 Å². The highest BCUT2D eigenvalue weighted by Crippen LogP contribution is 2.43. The minimum absolute atomic E-state index is 0.844. The monoisotopic (exact) mass is 753 g/mol. The van der Waals surface area contributed by atoms with E-state index < -0.39 is 0 Å². The summed E-state index contributed by atoms with van der Waals surface area (Å²) >= 11 is 0. The number of rotatable bonds is 6. The Morgan fingerprint density at radius 1 is 0.339 bits per heavy atom. The van der Waals surface area contributed by atoms with Crippen LogP contribution in [0.1, 0.15) is 0 Å². The second-order valence-corrected chi connectivity index (χ2v) is 15.2. The zero-order chi connectivity index (χ0) is 38.9. The molecule has 12 aromatic rings. The van der Waals surface area contributed by atoms with Crippen molar-refractivity contribution >= 4 is 54.8 Å². The molecule has 0 amide bonds. The molecule has 0 unspecified atom stereocenters. The minimum atomic E-state index is 0.844. The number of para-hydroxylation sites is 4. The second kappa shape index (κ2) is 13.3. The van der Waals surface area contributed by atoms with Crippen LogP contribution < -0.4 is 0 Å². The number of imidazole rings is 1. The maximum atomic E-state index is 6.93. The van der Waals surface area contributed by atoms with Gasteiger partial charge in [-0.1, -0.05) is 140 Å². The molecule has 12 rings (SSSR count). The van der Waals surface area contributed by atoms with Gasteiger partial charge in [-0.3, -0.25) is 4.57 Å². The molecule has 4 nitrogen and oxygen atoms in total. The zero-order valence-corrected chi connectivity index (χ0v) is 32.0. The molecule has 0 radical (unpaired) electrons. The normalized spacial score (nSPS) is 11.7. The van der Waals surface area contributed by atoms with Gasteiger partial charge >= 0.3 is 0 Å². The van der Waals surface area contributed by atoms with Gasteiger partial charge in [0.15, 0.2) is 0 Å². The predicted molar refractivity (Wildman–Crippen MR) is 244 cm³/mol. The van der Waals surface area contributed by atoms with Gasteiger partial charge in [0.05, 0.1) is 22.1 Å². The van der Waals surface area contributed by atoms with Crippen LogP contribution in [0, 0.1) is 0 Å². The molecule has 0 aliphatic rings. The third-order valence-corrected chi connectivity index (χ3v) is 11.7. The van der Waals surface area contributed by atoms with Gasteiger partial charge in [0.2, 0.25) is 0 Å². The van der Waals surface area contributed by atoms with Gasteiger partial charge in [-0.25, -0.2) is 4.98 Å². The van der Waals surface area contributed by atoms with Gasteiger partial charge < -0.3 is 8.98 Å². The molecule has 0 aliphatic carbocycles. The van der Waals surface area contributed by atoms with Crippen LogP contribution in [-0.4, -0.2) is 14.1 Å². The van der Waals surface area contributed by atoms with Gasteiger partial charge in [0, 0.05) is 44.5 Å². The summed E-state index contributed by atoms with van der Waals surface area (Å²) in [5.74, 6) is 0.901. The molecule has 0 saturated carbocycles. The Kier molecular flexibility index (Phi) is 7.50. The van der Waals surface area contributed by atoms with Crippen molar-refractivity contribution in [1.82, 2.24) is 14.1 Å². The molecule has 59 heavy (non-hydrogen) atoms. The number of hydrogen-bond donors (Lipinski definition) is 0. The van der Waals surface area contributed by atoms with E-state index in [1.165, 1.54) is 21.9 Å². The van der Waals surface area contributed by atoms with Crippen LogP contribution in [0.5, 0.6) is 0 Å². The molecular weight excluding hydrogens is 719 g/mol. The first-order chi connectivity index (χ1) is 29.2. The maximum absolute atomic E-state index is 6.93.